The minimum atomic E-state index is -0.117. The van der Waals surface area contributed by atoms with Crippen LogP contribution in [0.2, 0.25) is 0 Å². The Kier molecular flexibility index (Phi) is 4.50. The van der Waals surface area contributed by atoms with E-state index in [1.54, 1.807) is 0 Å². The third-order valence-electron chi connectivity index (χ3n) is 4.81. The van der Waals surface area contributed by atoms with Gasteiger partial charge in [0.05, 0.1) is 12.5 Å². The quantitative estimate of drug-likeness (QED) is 0.809. The van der Waals surface area contributed by atoms with Gasteiger partial charge in [0, 0.05) is 19.7 Å². The Morgan fingerprint density at radius 3 is 2.96 bits per heavy atom. The fourth-order valence-electron chi connectivity index (χ4n) is 3.41. The van der Waals surface area contributed by atoms with Crippen molar-refractivity contribution < 1.29 is 19.0 Å². The van der Waals surface area contributed by atoms with Gasteiger partial charge in [0.1, 0.15) is 6.61 Å². The van der Waals surface area contributed by atoms with E-state index in [0.717, 1.165) is 23.0 Å². The van der Waals surface area contributed by atoms with Crippen molar-refractivity contribution in [3.8, 4) is 11.5 Å². The number of hydrogen-bond donors (Lipinski definition) is 0. The lowest BCUT2D eigenvalue weighted by Crippen LogP contribution is -2.42. The molecule has 138 valence electrons. The van der Waals surface area contributed by atoms with Gasteiger partial charge < -0.3 is 23.7 Å². The average molecular weight is 358 g/mol. The van der Waals surface area contributed by atoms with Gasteiger partial charge in [-0.05, 0) is 31.5 Å². The van der Waals surface area contributed by atoms with Crippen LogP contribution in [0.25, 0.3) is 0 Å². The van der Waals surface area contributed by atoms with Crippen LogP contribution >= 0.6 is 0 Å². The Labute approximate surface area is 151 Å². The second kappa shape index (κ2) is 6.95. The summed E-state index contributed by atoms with van der Waals surface area (Å²) in [5.41, 5.74) is 0.913. The van der Waals surface area contributed by atoms with Crippen molar-refractivity contribution in [2.75, 3.05) is 19.9 Å². The van der Waals surface area contributed by atoms with E-state index in [1.165, 1.54) is 0 Å². The highest BCUT2D eigenvalue weighted by Crippen LogP contribution is 2.33. The molecular formula is C18H22N4O4. The molecule has 8 heteroatoms. The number of ether oxygens (including phenoxy) is 3. The summed E-state index contributed by atoms with van der Waals surface area (Å²) in [7, 11) is 0. The first-order valence-corrected chi connectivity index (χ1v) is 8.85. The summed E-state index contributed by atoms with van der Waals surface area (Å²) in [5.74, 6) is 3.11. The van der Waals surface area contributed by atoms with Gasteiger partial charge in [0.25, 0.3) is 0 Å². The van der Waals surface area contributed by atoms with E-state index >= 15 is 0 Å². The summed E-state index contributed by atoms with van der Waals surface area (Å²) >= 11 is 0. The smallest absolute Gasteiger partial charge is 0.231 e. The summed E-state index contributed by atoms with van der Waals surface area (Å²) < 4.78 is 18.2. The third kappa shape index (κ3) is 3.01. The van der Waals surface area contributed by atoms with Gasteiger partial charge in [0.15, 0.2) is 23.1 Å². The molecule has 4 rings (SSSR count). The minimum Gasteiger partial charge on any atom is -0.454 e. The molecule has 1 amide bonds. The molecule has 26 heavy (non-hydrogen) atoms. The van der Waals surface area contributed by atoms with Gasteiger partial charge in [-0.1, -0.05) is 6.07 Å². The van der Waals surface area contributed by atoms with Crippen molar-refractivity contribution >= 4 is 5.91 Å². The molecule has 1 atom stereocenters. The number of aromatic nitrogens is 3. The predicted octanol–water partition coefficient (Wildman–Crippen LogP) is 1.69. The van der Waals surface area contributed by atoms with Gasteiger partial charge in [-0.2, -0.15) is 0 Å². The highest BCUT2D eigenvalue weighted by Gasteiger charge is 2.31. The van der Waals surface area contributed by atoms with Crippen LogP contribution in [0, 0.1) is 0 Å². The molecule has 2 aliphatic heterocycles. The second-order valence-corrected chi connectivity index (χ2v) is 6.39. The van der Waals surface area contributed by atoms with Gasteiger partial charge in [0.2, 0.25) is 12.7 Å². The molecule has 0 radical (unpaired) electrons. The van der Waals surface area contributed by atoms with Crippen molar-refractivity contribution in [3.63, 3.8) is 0 Å². The van der Waals surface area contributed by atoms with E-state index in [9.17, 15) is 4.79 Å². The van der Waals surface area contributed by atoms with Crippen LogP contribution in [0.15, 0.2) is 18.2 Å². The van der Waals surface area contributed by atoms with Crippen molar-refractivity contribution in [2.45, 2.75) is 39.5 Å². The summed E-state index contributed by atoms with van der Waals surface area (Å²) in [6, 6.07) is 5.51. The molecule has 1 aromatic carbocycles. The Bertz CT molecular complexity index is 820. The van der Waals surface area contributed by atoms with Crippen LogP contribution in [0.1, 0.15) is 37.1 Å². The zero-order chi connectivity index (χ0) is 18.1. The Hall–Kier alpha value is -2.61. The predicted molar refractivity (Wildman–Crippen MR) is 91.7 cm³/mol. The van der Waals surface area contributed by atoms with Crippen molar-refractivity contribution in [1.29, 1.82) is 0 Å². The van der Waals surface area contributed by atoms with E-state index in [1.807, 2.05) is 36.9 Å². The average Bonchev–Trinajstić information content (AvgIpc) is 3.26. The van der Waals surface area contributed by atoms with E-state index in [-0.39, 0.29) is 18.7 Å². The van der Waals surface area contributed by atoms with Crippen LogP contribution in [0.3, 0.4) is 0 Å². The zero-order valence-electron chi connectivity index (χ0n) is 15.0. The maximum atomic E-state index is 12.8. The van der Waals surface area contributed by atoms with E-state index < -0.39 is 0 Å². The fraction of sp³-hybridized carbons (Fsp3) is 0.500. The topological polar surface area (TPSA) is 78.7 Å². The second-order valence-electron chi connectivity index (χ2n) is 6.39. The van der Waals surface area contributed by atoms with Crippen LogP contribution in [-0.4, -0.2) is 45.5 Å². The van der Waals surface area contributed by atoms with E-state index in [2.05, 4.69) is 14.8 Å². The number of nitrogens with zero attached hydrogens (tertiary/aromatic N) is 4. The van der Waals surface area contributed by atoms with Crippen LogP contribution in [-0.2, 0) is 29.1 Å². The molecule has 0 saturated carbocycles. The first kappa shape index (κ1) is 16.8. The molecule has 0 spiro atoms. The normalized spacial score (nSPS) is 18.1. The van der Waals surface area contributed by atoms with Crippen molar-refractivity contribution in [1.82, 2.24) is 19.7 Å². The van der Waals surface area contributed by atoms with E-state index in [4.69, 9.17) is 14.2 Å². The number of hydrogen-bond acceptors (Lipinski definition) is 6. The fourth-order valence-corrected chi connectivity index (χ4v) is 3.41. The highest BCUT2D eigenvalue weighted by molar-refractivity contribution is 5.79. The summed E-state index contributed by atoms with van der Waals surface area (Å²) in [5, 5.41) is 8.50. The van der Waals surface area contributed by atoms with Crippen LogP contribution in [0.5, 0.6) is 11.5 Å². The molecule has 3 heterocycles. The largest absolute Gasteiger partial charge is 0.454 e. The number of benzene rings is 1. The molecule has 0 N–H and O–H groups in total. The Morgan fingerprint density at radius 2 is 2.12 bits per heavy atom. The SMILES string of the molecule is CCOCc1nnc2n1CCN(C(=O)Cc1ccc3c(c1)OCO3)C2C. The summed E-state index contributed by atoms with van der Waals surface area (Å²) in [6.45, 7) is 6.57. The maximum absolute atomic E-state index is 12.8. The van der Waals surface area contributed by atoms with Crippen molar-refractivity contribution in [3.05, 3.63) is 35.4 Å². The lowest BCUT2D eigenvalue weighted by Gasteiger charge is -2.34. The van der Waals surface area contributed by atoms with Crippen molar-refractivity contribution in [2.24, 2.45) is 0 Å². The van der Waals surface area contributed by atoms with E-state index in [0.29, 0.717) is 38.5 Å². The summed E-state index contributed by atoms with van der Waals surface area (Å²) in [6.07, 6.45) is 0.320. The molecule has 0 saturated heterocycles. The molecule has 0 fully saturated rings. The lowest BCUT2D eigenvalue weighted by molar-refractivity contribution is -0.133. The van der Waals surface area contributed by atoms with Gasteiger partial charge in [-0.3, -0.25) is 4.79 Å². The van der Waals surface area contributed by atoms with Crippen LogP contribution < -0.4 is 9.47 Å². The molecule has 0 bridgehead atoms. The number of amides is 1. The molecule has 0 aliphatic carbocycles. The molecule has 8 nitrogen and oxygen atoms in total. The standard InChI is InChI=1S/C18H22N4O4/c1-3-24-10-16-19-20-18-12(2)21(6-7-22(16)18)17(23)9-13-4-5-14-15(8-13)26-11-25-14/h4-5,8,12H,3,6-7,9-11H2,1-2H3. The minimum absolute atomic E-state index is 0.0666. The molecule has 1 unspecified atom stereocenters. The number of fused-ring (bicyclic) bond motifs is 2. The lowest BCUT2D eigenvalue weighted by atomic mass is 10.1. The number of rotatable bonds is 5. The highest BCUT2D eigenvalue weighted by atomic mass is 16.7. The van der Waals surface area contributed by atoms with Gasteiger partial charge in [-0.15, -0.1) is 10.2 Å². The first-order chi connectivity index (χ1) is 12.7. The zero-order valence-corrected chi connectivity index (χ0v) is 15.0. The number of carbonyl (C=O) groups is 1. The molecular weight excluding hydrogens is 336 g/mol. The summed E-state index contributed by atoms with van der Waals surface area (Å²) in [4.78, 5) is 14.7. The number of carbonyl (C=O) groups excluding carboxylic acids is 1. The molecule has 2 aromatic rings. The Morgan fingerprint density at radius 1 is 1.27 bits per heavy atom. The Balaban J connectivity index is 1.46. The molecule has 1 aromatic heterocycles. The van der Waals surface area contributed by atoms with Gasteiger partial charge >= 0.3 is 0 Å². The van der Waals surface area contributed by atoms with Gasteiger partial charge in [-0.25, -0.2) is 0 Å². The monoisotopic (exact) mass is 358 g/mol. The van der Waals surface area contributed by atoms with Crippen LogP contribution in [0.4, 0.5) is 0 Å². The molecule has 2 aliphatic rings. The maximum Gasteiger partial charge on any atom is 0.231 e. The first-order valence-electron chi connectivity index (χ1n) is 8.85. The third-order valence-corrected chi connectivity index (χ3v) is 4.81.